The van der Waals surface area contributed by atoms with E-state index in [0.717, 1.165) is 12.5 Å². The van der Waals surface area contributed by atoms with Gasteiger partial charge in [0.2, 0.25) is 0 Å². The van der Waals surface area contributed by atoms with Crippen molar-refractivity contribution < 1.29 is 9.90 Å². The fourth-order valence-corrected chi connectivity index (χ4v) is 4.10. The normalized spacial score (nSPS) is 50.4. The predicted octanol–water partition coefficient (Wildman–Crippen LogP) is 1.10. The summed E-state index contributed by atoms with van der Waals surface area (Å²) in [6.07, 6.45) is 5.24. The van der Waals surface area contributed by atoms with Crippen LogP contribution in [0.25, 0.3) is 0 Å². The Morgan fingerprint density at radius 3 is 2.43 bits per heavy atom. The van der Waals surface area contributed by atoms with E-state index in [1.165, 1.54) is 25.7 Å². The van der Waals surface area contributed by atoms with Crippen LogP contribution in [0.15, 0.2) is 0 Å². The van der Waals surface area contributed by atoms with E-state index >= 15 is 0 Å². The lowest BCUT2D eigenvalue weighted by Gasteiger charge is -2.46. The molecule has 0 aromatic carbocycles. The van der Waals surface area contributed by atoms with Gasteiger partial charge in [-0.25, -0.2) is 0 Å². The minimum atomic E-state index is -0.634. The Balaban J connectivity index is 1.87. The van der Waals surface area contributed by atoms with Crippen LogP contribution >= 0.6 is 0 Å². The fraction of sp³-hybridized carbons (Fsp3) is 0.909. The average molecular weight is 195 g/mol. The first kappa shape index (κ1) is 8.72. The van der Waals surface area contributed by atoms with Crippen LogP contribution < -0.4 is 5.32 Å². The highest BCUT2D eigenvalue weighted by Gasteiger charge is 2.52. The molecule has 1 heterocycles. The molecular weight excluding hydrogens is 178 g/mol. The summed E-state index contributed by atoms with van der Waals surface area (Å²) in [5.74, 6) is 2.00. The van der Waals surface area contributed by atoms with Crippen molar-refractivity contribution in [2.45, 2.75) is 31.7 Å². The number of fused-ring (bicyclic) bond motifs is 2. The van der Waals surface area contributed by atoms with Crippen LogP contribution in [0.5, 0.6) is 0 Å². The van der Waals surface area contributed by atoms with Crippen molar-refractivity contribution in [1.82, 2.24) is 5.32 Å². The Labute approximate surface area is 83.9 Å². The number of rotatable bonds is 1. The van der Waals surface area contributed by atoms with Gasteiger partial charge in [-0.3, -0.25) is 4.79 Å². The van der Waals surface area contributed by atoms with Crippen LogP contribution in [0.2, 0.25) is 0 Å². The molecule has 2 bridgehead atoms. The van der Waals surface area contributed by atoms with Crippen molar-refractivity contribution in [3.63, 3.8) is 0 Å². The van der Waals surface area contributed by atoms with E-state index in [0.29, 0.717) is 17.8 Å². The van der Waals surface area contributed by atoms with Gasteiger partial charge in [0.1, 0.15) is 6.04 Å². The number of nitrogens with one attached hydrogen (secondary N) is 1. The standard InChI is InChI=1S/C11H17NO2/c13-11(14)10-9-7-3-1-6(2-4-7)8(9)5-12-10/h6-10,12H,1-5H2,(H,13,14). The van der Waals surface area contributed by atoms with Crippen molar-refractivity contribution in [2.24, 2.45) is 23.7 Å². The fourth-order valence-electron chi connectivity index (χ4n) is 4.10. The zero-order valence-corrected chi connectivity index (χ0v) is 8.28. The molecule has 0 aromatic heterocycles. The molecule has 0 radical (unpaired) electrons. The maximum Gasteiger partial charge on any atom is 0.321 e. The highest BCUT2D eigenvalue weighted by Crippen LogP contribution is 2.51. The molecule has 14 heavy (non-hydrogen) atoms. The van der Waals surface area contributed by atoms with Crippen LogP contribution in [0.3, 0.4) is 0 Å². The number of carbonyl (C=O) groups is 1. The van der Waals surface area contributed by atoms with Crippen LogP contribution in [-0.2, 0) is 4.79 Å². The first-order valence-corrected chi connectivity index (χ1v) is 5.73. The molecule has 3 saturated carbocycles. The van der Waals surface area contributed by atoms with E-state index < -0.39 is 5.97 Å². The summed E-state index contributed by atoms with van der Waals surface area (Å²) in [6.45, 7) is 0.947. The molecule has 3 nitrogen and oxygen atoms in total. The Kier molecular flexibility index (Phi) is 1.84. The van der Waals surface area contributed by atoms with Gasteiger partial charge in [-0.15, -0.1) is 0 Å². The molecule has 3 atom stereocenters. The van der Waals surface area contributed by atoms with Gasteiger partial charge in [0.05, 0.1) is 0 Å². The molecule has 4 fully saturated rings. The van der Waals surface area contributed by atoms with Gasteiger partial charge in [-0.05, 0) is 55.9 Å². The average Bonchev–Trinajstić information content (AvgIpc) is 2.65. The summed E-state index contributed by atoms with van der Waals surface area (Å²) in [5.41, 5.74) is 0. The largest absolute Gasteiger partial charge is 0.480 e. The molecule has 0 amide bonds. The first-order valence-electron chi connectivity index (χ1n) is 5.73. The summed E-state index contributed by atoms with van der Waals surface area (Å²) >= 11 is 0. The Hall–Kier alpha value is -0.570. The van der Waals surface area contributed by atoms with Crippen molar-refractivity contribution in [3.05, 3.63) is 0 Å². The maximum absolute atomic E-state index is 11.1. The highest BCUT2D eigenvalue weighted by atomic mass is 16.4. The summed E-state index contributed by atoms with van der Waals surface area (Å²) in [5, 5.41) is 12.3. The van der Waals surface area contributed by atoms with Crippen molar-refractivity contribution in [3.8, 4) is 0 Å². The molecule has 1 aliphatic heterocycles. The minimum Gasteiger partial charge on any atom is -0.480 e. The molecule has 3 heteroatoms. The lowest BCUT2D eigenvalue weighted by atomic mass is 9.58. The second-order valence-electron chi connectivity index (χ2n) is 5.14. The molecule has 0 spiro atoms. The molecule has 3 aliphatic carbocycles. The van der Waals surface area contributed by atoms with Gasteiger partial charge in [-0.1, -0.05) is 0 Å². The third kappa shape index (κ3) is 1.05. The third-order valence-corrected chi connectivity index (χ3v) is 4.69. The third-order valence-electron chi connectivity index (χ3n) is 4.69. The van der Waals surface area contributed by atoms with Crippen LogP contribution in [0, 0.1) is 23.7 Å². The van der Waals surface area contributed by atoms with Gasteiger partial charge < -0.3 is 10.4 Å². The molecule has 4 aliphatic rings. The SMILES string of the molecule is O=C(O)C1NCC2C3CCC(CC3)C12. The highest BCUT2D eigenvalue weighted by molar-refractivity contribution is 5.74. The molecule has 4 rings (SSSR count). The van der Waals surface area contributed by atoms with Crippen LogP contribution in [-0.4, -0.2) is 23.7 Å². The van der Waals surface area contributed by atoms with Crippen molar-refractivity contribution in [1.29, 1.82) is 0 Å². The number of hydrogen-bond acceptors (Lipinski definition) is 2. The number of carboxylic acid groups (broad SMARTS) is 1. The monoisotopic (exact) mass is 195 g/mol. The van der Waals surface area contributed by atoms with E-state index in [2.05, 4.69) is 5.32 Å². The second kappa shape index (κ2) is 2.96. The summed E-state index contributed by atoms with van der Waals surface area (Å²) < 4.78 is 0. The molecular formula is C11H17NO2. The van der Waals surface area contributed by atoms with Gasteiger partial charge in [0.15, 0.2) is 0 Å². The van der Waals surface area contributed by atoms with Crippen molar-refractivity contribution in [2.75, 3.05) is 6.54 Å². The molecule has 1 saturated heterocycles. The second-order valence-corrected chi connectivity index (χ2v) is 5.14. The molecule has 78 valence electrons. The van der Waals surface area contributed by atoms with Crippen LogP contribution in [0.4, 0.5) is 0 Å². The summed E-state index contributed by atoms with van der Waals surface area (Å²) in [7, 11) is 0. The van der Waals surface area contributed by atoms with E-state index in [-0.39, 0.29) is 6.04 Å². The smallest absolute Gasteiger partial charge is 0.321 e. The lowest BCUT2D eigenvalue weighted by Crippen LogP contribution is -2.45. The van der Waals surface area contributed by atoms with E-state index in [4.69, 9.17) is 5.11 Å². The minimum absolute atomic E-state index is 0.243. The molecule has 2 N–H and O–H groups in total. The van der Waals surface area contributed by atoms with Crippen molar-refractivity contribution >= 4 is 5.97 Å². The zero-order chi connectivity index (χ0) is 9.71. The van der Waals surface area contributed by atoms with Gasteiger partial charge in [-0.2, -0.15) is 0 Å². The Morgan fingerprint density at radius 1 is 1.14 bits per heavy atom. The Bertz CT molecular complexity index is 258. The molecule has 0 aromatic rings. The topological polar surface area (TPSA) is 49.3 Å². The maximum atomic E-state index is 11.1. The summed E-state index contributed by atoms with van der Waals surface area (Å²) in [6, 6.07) is -0.243. The quantitative estimate of drug-likeness (QED) is 0.658. The van der Waals surface area contributed by atoms with E-state index in [1.807, 2.05) is 0 Å². The van der Waals surface area contributed by atoms with E-state index in [9.17, 15) is 4.79 Å². The zero-order valence-electron chi connectivity index (χ0n) is 8.28. The number of aliphatic carboxylic acids is 1. The van der Waals surface area contributed by atoms with Crippen LogP contribution in [0.1, 0.15) is 25.7 Å². The predicted molar refractivity (Wildman–Crippen MR) is 51.9 cm³/mol. The number of carboxylic acids is 1. The van der Waals surface area contributed by atoms with Gasteiger partial charge >= 0.3 is 5.97 Å². The molecule has 3 unspecified atom stereocenters. The van der Waals surface area contributed by atoms with Gasteiger partial charge in [0.25, 0.3) is 0 Å². The van der Waals surface area contributed by atoms with E-state index in [1.54, 1.807) is 0 Å². The lowest BCUT2D eigenvalue weighted by molar-refractivity contribution is -0.142. The number of hydrogen-bond donors (Lipinski definition) is 2. The Morgan fingerprint density at radius 2 is 1.79 bits per heavy atom. The first-order chi connectivity index (χ1) is 6.77. The summed E-state index contributed by atoms with van der Waals surface area (Å²) in [4.78, 5) is 11.1. The van der Waals surface area contributed by atoms with Gasteiger partial charge in [0, 0.05) is 0 Å².